The molecule has 3 saturated carbocycles. The quantitative estimate of drug-likeness (QED) is 0.200. The lowest BCUT2D eigenvalue weighted by atomic mass is 9.81. The first-order valence-electron chi connectivity index (χ1n) is 15.0. The number of nitrogens with two attached hydrogens (primary N) is 1. The molecule has 1 aromatic rings. The fourth-order valence-corrected chi connectivity index (χ4v) is 5.83. The molecule has 12 heteroatoms. The fourth-order valence-electron chi connectivity index (χ4n) is 5.83. The van der Waals surface area contributed by atoms with Crippen molar-refractivity contribution in [1.82, 2.24) is 10.6 Å². The maximum atomic E-state index is 15.4. The maximum absolute atomic E-state index is 15.4. The maximum Gasteiger partial charge on any atom is 0.270 e. The summed E-state index contributed by atoms with van der Waals surface area (Å²) in [5.41, 5.74) is 5.17. The minimum Gasteiger partial charge on any atom is -0.405 e. The predicted molar refractivity (Wildman–Crippen MR) is 156 cm³/mol. The molecule has 43 heavy (non-hydrogen) atoms. The van der Waals surface area contributed by atoms with Crippen LogP contribution in [0, 0.1) is 17.7 Å². The number of aldehydes is 1. The van der Waals surface area contributed by atoms with E-state index in [1.165, 1.54) is 24.4 Å². The van der Waals surface area contributed by atoms with Crippen LogP contribution in [0.25, 0.3) is 0 Å². The number of nitrogens with one attached hydrogen (secondary N) is 3. The molecule has 1 aromatic carbocycles. The standard InChI is InChI=1S/C31H40F3N5O4/c1-2-26(41)38-25(18-40)30(13-14-30)21-6-7-23(22(32)16-21)37-29(43)27(20-8-11-31(33,34)12-9-20)39-28(42)24(10-15-35)36-17-19-4-3-5-19/h6-7,10,15-16,18-20,25,27H,2-5,8-9,11-14,17,35H2,1H3,(H,37,43)(H,38,41)(H,39,42)/b15-10-,36-24?. The molecular weight excluding hydrogens is 563 g/mol. The van der Waals surface area contributed by atoms with Gasteiger partial charge in [-0.3, -0.25) is 19.4 Å². The molecule has 234 valence electrons. The van der Waals surface area contributed by atoms with Gasteiger partial charge in [0.2, 0.25) is 17.7 Å². The lowest BCUT2D eigenvalue weighted by molar-refractivity contribution is -0.126. The van der Waals surface area contributed by atoms with Crippen LogP contribution < -0.4 is 21.7 Å². The fraction of sp³-hybridized carbons (Fsp3) is 0.581. The van der Waals surface area contributed by atoms with E-state index in [-0.39, 0.29) is 36.6 Å². The second-order valence-corrected chi connectivity index (χ2v) is 11.9. The predicted octanol–water partition coefficient (Wildman–Crippen LogP) is 3.91. The van der Waals surface area contributed by atoms with Crippen LogP contribution in [0.2, 0.25) is 0 Å². The smallest absolute Gasteiger partial charge is 0.270 e. The van der Waals surface area contributed by atoms with E-state index in [4.69, 9.17) is 5.73 Å². The number of nitrogens with zero attached hydrogens (tertiary/aromatic N) is 1. The number of aliphatic imine (C=N–C) groups is 1. The Labute approximate surface area is 249 Å². The van der Waals surface area contributed by atoms with Crippen LogP contribution in [0.1, 0.15) is 76.7 Å². The van der Waals surface area contributed by atoms with E-state index in [0.717, 1.165) is 19.3 Å². The number of amides is 3. The Balaban J connectivity index is 1.52. The molecule has 0 bridgehead atoms. The van der Waals surface area contributed by atoms with E-state index in [0.29, 0.717) is 37.2 Å². The van der Waals surface area contributed by atoms with Gasteiger partial charge in [0.25, 0.3) is 5.91 Å². The van der Waals surface area contributed by atoms with Crippen molar-refractivity contribution < 1.29 is 32.3 Å². The Morgan fingerprint density at radius 2 is 1.79 bits per heavy atom. The van der Waals surface area contributed by atoms with E-state index in [1.807, 2.05) is 0 Å². The number of hydrogen-bond acceptors (Lipinski definition) is 6. The summed E-state index contributed by atoms with van der Waals surface area (Å²) >= 11 is 0. The van der Waals surface area contributed by atoms with Crippen molar-refractivity contribution in [3.8, 4) is 0 Å². The molecule has 3 aliphatic carbocycles. The third kappa shape index (κ3) is 7.83. The SMILES string of the molecule is CCC(=O)NC(C=O)C1(c2ccc(NC(=O)C(NC(=O)C(/C=C\N)=NCC3CCC3)C3CCC(F)(F)CC3)c(F)c2)CC1. The van der Waals surface area contributed by atoms with Crippen LogP contribution in [-0.2, 0) is 24.6 Å². The molecule has 0 heterocycles. The largest absolute Gasteiger partial charge is 0.405 e. The minimum absolute atomic E-state index is 0.00680. The second-order valence-electron chi connectivity index (χ2n) is 11.9. The summed E-state index contributed by atoms with van der Waals surface area (Å²) < 4.78 is 43.2. The van der Waals surface area contributed by atoms with Gasteiger partial charge in [-0.15, -0.1) is 0 Å². The molecule has 3 fully saturated rings. The third-order valence-corrected chi connectivity index (χ3v) is 8.99. The summed E-state index contributed by atoms with van der Waals surface area (Å²) in [5.74, 6) is -5.55. The van der Waals surface area contributed by atoms with Gasteiger partial charge in [0.15, 0.2) is 0 Å². The first-order chi connectivity index (χ1) is 20.5. The van der Waals surface area contributed by atoms with Gasteiger partial charge in [-0.05, 0) is 80.3 Å². The summed E-state index contributed by atoms with van der Waals surface area (Å²) in [4.78, 5) is 54.8. The lowest BCUT2D eigenvalue weighted by Crippen LogP contribution is -2.51. The first kappa shape index (κ1) is 32.2. The van der Waals surface area contributed by atoms with Crippen molar-refractivity contribution in [1.29, 1.82) is 0 Å². The highest BCUT2D eigenvalue weighted by molar-refractivity contribution is 6.43. The molecule has 3 amide bonds. The lowest BCUT2D eigenvalue weighted by Gasteiger charge is -2.33. The summed E-state index contributed by atoms with van der Waals surface area (Å²) in [5, 5.41) is 7.86. The highest BCUT2D eigenvalue weighted by atomic mass is 19.3. The topological polar surface area (TPSA) is 143 Å². The van der Waals surface area contributed by atoms with Crippen LogP contribution in [0.15, 0.2) is 35.5 Å². The highest BCUT2D eigenvalue weighted by Crippen LogP contribution is 2.51. The molecular formula is C31H40F3N5O4. The van der Waals surface area contributed by atoms with Gasteiger partial charge in [0.05, 0.1) is 11.7 Å². The molecule has 0 aliphatic heterocycles. The van der Waals surface area contributed by atoms with E-state index in [1.54, 1.807) is 13.0 Å². The van der Waals surface area contributed by atoms with Gasteiger partial charge in [0, 0.05) is 31.2 Å². The van der Waals surface area contributed by atoms with Crippen LogP contribution >= 0.6 is 0 Å². The number of carbonyl (C=O) groups excluding carboxylic acids is 4. The number of rotatable bonds is 13. The molecule has 4 rings (SSSR count). The summed E-state index contributed by atoms with van der Waals surface area (Å²) in [6.45, 7) is 2.10. The summed E-state index contributed by atoms with van der Waals surface area (Å²) in [7, 11) is 0. The zero-order valence-corrected chi connectivity index (χ0v) is 24.3. The molecule has 3 aliphatic rings. The average Bonchev–Trinajstić information content (AvgIpc) is 3.76. The van der Waals surface area contributed by atoms with E-state index in [2.05, 4.69) is 20.9 Å². The Morgan fingerprint density at radius 3 is 2.33 bits per heavy atom. The zero-order valence-electron chi connectivity index (χ0n) is 24.3. The van der Waals surface area contributed by atoms with Crippen LogP contribution in [0.4, 0.5) is 18.9 Å². The number of carbonyl (C=O) groups is 4. The van der Waals surface area contributed by atoms with Gasteiger partial charge in [-0.25, -0.2) is 13.2 Å². The Kier molecular flexibility index (Phi) is 10.3. The van der Waals surface area contributed by atoms with E-state index in [9.17, 15) is 28.0 Å². The molecule has 0 radical (unpaired) electrons. The monoisotopic (exact) mass is 603 g/mol. The van der Waals surface area contributed by atoms with Crippen molar-refractivity contribution in [3.63, 3.8) is 0 Å². The van der Waals surface area contributed by atoms with Gasteiger partial charge in [0.1, 0.15) is 23.9 Å². The van der Waals surface area contributed by atoms with Crippen molar-refractivity contribution in [2.75, 3.05) is 11.9 Å². The number of benzene rings is 1. The highest BCUT2D eigenvalue weighted by Gasteiger charge is 2.51. The zero-order chi connectivity index (χ0) is 31.2. The number of alkyl halides is 2. The van der Waals surface area contributed by atoms with Crippen LogP contribution in [0.5, 0.6) is 0 Å². The van der Waals surface area contributed by atoms with Gasteiger partial charge in [-0.1, -0.05) is 19.4 Å². The van der Waals surface area contributed by atoms with E-state index >= 15 is 4.39 Å². The molecule has 5 N–H and O–H groups in total. The van der Waals surface area contributed by atoms with E-state index < -0.39 is 59.8 Å². The minimum atomic E-state index is -2.85. The Bertz CT molecular complexity index is 1270. The normalized spacial score (nSPS) is 21.3. The van der Waals surface area contributed by atoms with Crippen molar-refractivity contribution in [2.45, 2.75) is 94.6 Å². The van der Waals surface area contributed by atoms with Crippen LogP contribution in [-0.4, -0.2) is 54.3 Å². The molecule has 0 spiro atoms. The molecule has 2 unspecified atom stereocenters. The number of anilines is 1. The van der Waals surface area contributed by atoms with Gasteiger partial charge < -0.3 is 26.5 Å². The summed E-state index contributed by atoms with van der Waals surface area (Å²) in [6, 6.07) is 2.14. The Hall–Kier alpha value is -3.70. The van der Waals surface area contributed by atoms with Crippen LogP contribution in [0.3, 0.4) is 0 Å². The van der Waals surface area contributed by atoms with Crippen molar-refractivity contribution in [3.05, 3.63) is 41.9 Å². The number of halogens is 3. The van der Waals surface area contributed by atoms with Crippen molar-refractivity contribution in [2.24, 2.45) is 22.6 Å². The van der Waals surface area contributed by atoms with Crippen molar-refractivity contribution >= 4 is 35.4 Å². The van der Waals surface area contributed by atoms with Gasteiger partial charge >= 0.3 is 0 Å². The third-order valence-electron chi connectivity index (χ3n) is 8.99. The summed E-state index contributed by atoms with van der Waals surface area (Å²) in [6.07, 6.45) is 6.77. The Morgan fingerprint density at radius 1 is 1.09 bits per heavy atom. The molecule has 2 atom stereocenters. The number of hydrogen-bond donors (Lipinski definition) is 4. The van der Waals surface area contributed by atoms with Gasteiger partial charge in [-0.2, -0.15) is 0 Å². The first-order valence-corrected chi connectivity index (χ1v) is 15.0. The molecule has 0 saturated heterocycles. The molecule has 9 nitrogen and oxygen atoms in total. The average molecular weight is 604 g/mol. The molecule has 0 aromatic heterocycles. The second kappa shape index (κ2) is 13.7.